The largest absolute Gasteiger partial charge is 0.411 e. The SMILES string of the molecule is C[C@@H](Sc1nnc(-c2cccnc2)o1)C(=O)c1ccccc1. The molecule has 0 saturated carbocycles. The van der Waals surface area contributed by atoms with Gasteiger partial charge in [-0.05, 0) is 19.1 Å². The number of rotatable bonds is 5. The van der Waals surface area contributed by atoms with Gasteiger partial charge in [-0.25, -0.2) is 0 Å². The van der Waals surface area contributed by atoms with Gasteiger partial charge < -0.3 is 4.42 Å². The van der Waals surface area contributed by atoms with Crippen LogP contribution in [0, 0.1) is 0 Å². The first-order valence-corrected chi connectivity index (χ1v) is 7.62. The van der Waals surface area contributed by atoms with Gasteiger partial charge in [-0.15, -0.1) is 10.2 Å². The number of ketones is 1. The summed E-state index contributed by atoms with van der Waals surface area (Å²) in [6.07, 6.45) is 3.33. The Kier molecular flexibility index (Phi) is 4.29. The summed E-state index contributed by atoms with van der Waals surface area (Å²) < 4.78 is 5.57. The average Bonchev–Trinajstić information content (AvgIpc) is 3.04. The van der Waals surface area contributed by atoms with E-state index >= 15 is 0 Å². The lowest BCUT2D eigenvalue weighted by Crippen LogP contribution is -2.13. The molecule has 3 rings (SSSR count). The molecule has 0 radical (unpaired) electrons. The molecule has 22 heavy (non-hydrogen) atoms. The highest BCUT2D eigenvalue weighted by Crippen LogP contribution is 2.27. The molecule has 1 atom stereocenters. The van der Waals surface area contributed by atoms with Gasteiger partial charge in [-0.2, -0.15) is 0 Å². The minimum atomic E-state index is -0.301. The maximum atomic E-state index is 12.3. The van der Waals surface area contributed by atoms with E-state index in [1.165, 1.54) is 11.8 Å². The molecule has 0 aliphatic rings. The van der Waals surface area contributed by atoms with Crippen LogP contribution in [0.15, 0.2) is 64.5 Å². The monoisotopic (exact) mass is 311 g/mol. The van der Waals surface area contributed by atoms with E-state index in [9.17, 15) is 4.79 Å². The fraction of sp³-hybridized carbons (Fsp3) is 0.125. The molecule has 0 amide bonds. The molecule has 0 fully saturated rings. The van der Waals surface area contributed by atoms with Crippen molar-refractivity contribution in [2.75, 3.05) is 0 Å². The molecular weight excluding hydrogens is 298 g/mol. The number of benzene rings is 1. The first kappa shape index (κ1) is 14.5. The highest BCUT2D eigenvalue weighted by Gasteiger charge is 2.19. The number of hydrogen-bond acceptors (Lipinski definition) is 6. The summed E-state index contributed by atoms with van der Waals surface area (Å²) in [4.78, 5) is 16.3. The fourth-order valence-corrected chi connectivity index (χ4v) is 2.67. The van der Waals surface area contributed by atoms with Crippen molar-refractivity contribution in [2.45, 2.75) is 17.4 Å². The van der Waals surface area contributed by atoms with Gasteiger partial charge in [-0.1, -0.05) is 42.1 Å². The van der Waals surface area contributed by atoms with Crippen LogP contribution in [0.5, 0.6) is 0 Å². The summed E-state index contributed by atoms with van der Waals surface area (Å²) >= 11 is 1.25. The molecule has 0 spiro atoms. The summed E-state index contributed by atoms with van der Waals surface area (Å²) in [6.45, 7) is 1.83. The van der Waals surface area contributed by atoms with Gasteiger partial charge in [0.05, 0.1) is 10.8 Å². The molecule has 0 N–H and O–H groups in total. The van der Waals surface area contributed by atoms with Crippen LogP contribution in [0.25, 0.3) is 11.5 Å². The minimum Gasteiger partial charge on any atom is -0.411 e. The smallest absolute Gasteiger partial charge is 0.277 e. The van der Waals surface area contributed by atoms with Crippen molar-refractivity contribution in [1.29, 1.82) is 0 Å². The normalized spacial score (nSPS) is 12.0. The van der Waals surface area contributed by atoms with Gasteiger partial charge in [0.2, 0.25) is 5.89 Å². The predicted molar refractivity (Wildman–Crippen MR) is 83.6 cm³/mol. The Labute approximate surface area is 131 Å². The van der Waals surface area contributed by atoms with Crippen molar-refractivity contribution in [3.05, 3.63) is 60.4 Å². The maximum Gasteiger partial charge on any atom is 0.277 e. The maximum absolute atomic E-state index is 12.3. The van der Waals surface area contributed by atoms with Crippen molar-refractivity contribution in [1.82, 2.24) is 15.2 Å². The second-order valence-electron chi connectivity index (χ2n) is 4.61. The van der Waals surface area contributed by atoms with Crippen LogP contribution in [-0.4, -0.2) is 26.2 Å². The summed E-state index contributed by atoms with van der Waals surface area (Å²) in [5, 5.41) is 8.03. The summed E-state index contributed by atoms with van der Waals surface area (Å²) in [5.41, 5.74) is 1.43. The number of thioether (sulfide) groups is 1. The summed E-state index contributed by atoms with van der Waals surface area (Å²) in [6, 6.07) is 12.8. The lowest BCUT2D eigenvalue weighted by atomic mass is 10.1. The quantitative estimate of drug-likeness (QED) is 0.530. The Balaban J connectivity index is 1.71. The zero-order valence-corrected chi connectivity index (χ0v) is 12.7. The number of pyridine rings is 1. The first-order chi connectivity index (χ1) is 10.7. The van der Waals surface area contributed by atoms with Crippen LogP contribution in [-0.2, 0) is 0 Å². The molecule has 5 nitrogen and oxygen atoms in total. The van der Waals surface area contributed by atoms with E-state index in [4.69, 9.17) is 4.42 Å². The first-order valence-electron chi connectivity index (χ1n) is 6.74. The van der Waals surface area contributed by atoms with Crippen LogP contribution in [0.2, 0.25) is 0 Å². The minimum absolute atomic E-state index is 0.0340. The Morgan fingerprint density at radius 1 is 1.14 bits per heavy atom. The van der Waals surface area contributed by atoms with Crippen molar-refractivity contribution in [3.63, 3.8) is 0 Å². The Morgan fingerprint density at radius 2 is 1.95 bits per heavy atom. The standard InChI is InChI=1S/C16H13N3O2S/c1-11(14(20)12-6-3-2-4-7-12)22-16-19-18-15(21-16)13-8-5-9-17-10-13/h2-11H,1H3/t11-/m1/s1. The van der Waals surface area contributed by atoms with Crippen molar-refractivity contribution in [3.8, 4) is 11.5 Å². The van der Waals surface area contributed by atoms with E-state index in [0.29, 0.717) is 16.7 Å². The van der Waals surface area contributed by atoms with Crippen molar-refractivity contribution < 1.29 is 9.21 Å². The topological polar surface area (TPSA) is 68.9 Å². The van der Waals surface area contributed by atoms with E-state index in [0.717, 1.165) is 5.56 Å². The molecule has 110 valence electrons. The Morgan fingerprint density at radius 3 is 2.68 bits per heavy atom. The van der Waals surface area contributed by atoms with Crippen LogP contribution < -0.4 is 0 Å². The van der Waals surface area contributed by atoms with Gasteiger partial charge >= 0.3 is 0 Å². The number of hydrogen-bond donors (Lipinski definition) is 0. The molecule has 0 saturated heterocycles. The third-order valence-corrected chi connectivity index (χ3v) is 3.95. The van der Waals surface area contributed by atoms with Gasteiger partial charge in [0.25, 0.3) is 5.22 Å². The van der Waals surface area contributed by atoms with E-state index in [2.05, 4.69) is 15.2 Å². The van der Waals surface area contributed by atoms with E-state index in [-0.39, 0.29) is 11.0 Å². The van der Waals surface area contributed by atoms with Crippen LogP contribution in [0.4, 0.5) is 0 Å². The van der Waals surface area contributed by atoms with Crippen LogP contribution in [0.1, 0.15) is 17.3 Å². The number of carbonyl (C=O) groups is 1. The molecule has 0 bridgehead atoms. The van der Waals surface area contributed by atoms with E-state index in [1.807, 2.05) is 31.2 Å². The predicted octanol–water partition coefficient (Wildman–Crippen LogP) is 3.50. The van der Waals surface area contributed by atoms with E-state index in [1.54, 1.807) is 30.6 Å². The second-order valence-corrected chi connectivity index (χ2v) is 5.90. The molecule has 3 aromatic rings. The lowest BCUT2D eigenvalue weighted by Gasteiger charge is -2.06. The molecule has 2 heterocycles. The number of carbonyl (C=O) groups excluding carboxylic acids is 1. The molecule has 0 unspecified atom stereocenters. The zero-order valence-electron chi connectivity index (χ0n) is 11.8. The highest BCUT2D eigenvalue weighted by molar-refractivity contribution is 8.00. The Hall–Kier alpha value is -2.47. The molecule has 2 aromatic heterocycles. The van der Waals surface area contributed by atoms with Crippen molar-refractivity contribution in [2.24, 2.45) is 0 Å². The lowest BCUT2D eigenvalue weighted by molar-refractivity contribution is 0.0993. The molecule has 6 heteroatoms. The van der Waals surface area contributed by atoms with Gasteiger partial charge in [0.15, 0.2) is 5.78 Å². The molecule has 0 aliphatic carbocycles. The Bertz CT molecular complexity index is 759. The van der Waals surface area contributed by atoms with Crippen LogP contribution >= 0.6 is 11.8 Å². The molecule has 1 aromatic carbocycles. The van der Waals surface area contributed by atoms with Crippen molar-refractivity contribution >= 4 is 17.5 Å². The highest BCUT2D eigenvalue weighted by atomic mass is 32.2. The molecular formula is C16H13N3O2S. The van der Waals surface area contributed by atoms with E-state index < -0.39 is 0 Å². The number of aromatic nitrogens is 3. The second kappa shape index (κ2) is 6.53. The van der Waals surface area contributed by atoms with Gasteiger partial charge in [-0.3, -0.25) is 9.78 Å². The summed E-state index contributed by atoms with van der Waals surface area (Å²) in [7, 11) is 0. The third-order valence-electron chi connectivity index (χ3n) is 3.02. The summed E-state index contributed by atoms with van der Waals surface area (Å²) in [5.74, 6) is 0.432. The van der Waals surface area contributed by atoms with Gasteiger partial charge in [0.1, 0.15) is 0 Å². The fourth-order valence-electron chi connectivity index (χ4n) is 1.91. The third kappa shape index (κ3) is 3.23. The molecule has 0 aliphatic heterocycles. The number of nitrogens with zero attached hydrogens (tertiary/aromatic N) is 3. The zero-order chi connectivity index (χ0) is 15.4. The van der Waals surface area contributed by atoms with Crippen LogP contribution in [0.3, 0.4) is 0 Å². The van der Waals surface area contributed by atoms with Gasteiger partial charge in [0, 0.05) is 18.0 Å². The number of Topliss-reactive ketones (excluding diaryl/α,β-unsaturated/α-hetero) is 1. The average molecular weight is 311 g/mol.